The molecule has 0 saturated heterocycles. The Bertz CT molecular complexity index is 1540. The van der Waals surface area contributed by atoms with Crippen LogP contribution < -0.4 is 5.32 Å². The molecular weight excluding hydrogens is 513 g/mol. The van der Waals surface area contributed by atoms with Crippen LogP contribution in [0, 0.1) is 12.7 Å². The average molecular weight is 538 g/mol. The van der Waals surface area contributed by atoms with Gasteiger partial charge in [-0.25, -0.2) is 24.0 Å². The standard InChI is InChI=1S/C26H25ClFN7O3/c1-15-23-24(25(30-13-29-23)31-14-34(3)4)35(33-15)22-9-8-19(11-21(22)28)32-26(37)20(12-38-16(2)36)17-6-5-7-18(27)10-17/h5-11,13-14,20H,12H2,1-4H3,(H,32,37)/t20-/m0/s1. The molecule has 2 aromatic heterocycles. The molecule has 2 heterocycles. The highest BCUT2D eigenvalue weighted by atomic mass is 35.5. The first-order valence-electron chi connectivity index (χ1n) is 11.5. The van der Waals surface area contributed by atoms with Crippen molar-refractivity contribution < 1.29 is 18.7 Å². The minimum Gasteiger partial charge on any atom is -0.465 e. The van der Waals surface area contributed by atoms with Crippen LogP contribution in [0.4, 0.5) is 15.9 Å². The molecule has 12 heteroatoms. The van der Waals surface area contributed by atoms with Gasteiger partial charge in [0.25, 0.3) is 0 Å². The molecule has 0 aliphatic heterocycles. The Balaban J connectivity index is 1.66. The molecule has 1 amide bonds. The maximum absolute atomic E-state index is 15.4. The van der Waals surface area contributed by atoms with Crippen LogP contribution in [0.2, 0.25) is 5.02 Å². The number of nitrogens with zero attached hydrogens (tertiary/aromatic N) is 6. The van der Waals surface area contributed by atoms with E-state index in [2.05, 4.69) is 25.4 Å². The summed E-state index contributed by atoms with van der Waals surface area (Å²) in [6.45, 7) is 2.82. The number of hydrogen-bond acceptors (Lipinski definition) is 7. The molecule has 0 aliphatic rings. The lowest BCUT2D eigenvalue weighted by Crippen LogP contribution is -2.26. The monoisotopic (exact) mass is 537 g/mol. The molecule has 38 heavy (non-hydrogen) atoms. The van der Waals surface area contributed by atoms with E-state index in [1.807, 2.05) is 14.1 Å². The lowest BCUT2D eigenvalue weighted by Gasteiger charge is -2.18. The van der Waals surface area contributed by atoms with Crippen LogP contribution in [0.5, 0.6) is 0 Å². The molecule has 10 nitrogen and oxygen atoms in total. The van der Waals surface area contributed by atoms with Crippen molar-refractivity contribution in [2.24, 2.45) is 4.99 Å². The second kappa shape index (κ2) is 11.3. The predicted molar refractivity (Wildman–Crippen MR) is 143 cm³/mol. The maximum Gasteiger partial charge on any atom is 0.302 e. The number of ether oxygens (including phenoxy) is 1. The van der Waals surface area contributed by atoms with E-state index in [1.54, 1.807) is 48.5 Å². The Kier molecular flexibility index (Phi) is 7.96. The van der Waals surface area contributed by atoms with Gasteiger partial charge < -0.3 is 15.0 Å². The molecule has 196 valence electrons. The van der Waals surface area contributed by atoms with Gasteiger partial charge in [-0.2, -0.15) is 5.10 Å². The van der Waals surface area contributed by atoms with Gasteiger partial charge in [-0.1, -0.05) is 23.7 Å². The quantitative estimate of drug-likeness (QED) is 0.201. The number of nitrogens with one attached hydrogen (secondary N) is 1. The summed E-state index contributed by atoms with van der Waals surface area (Å²) < 4.78 is 21.9. The molecule has 0 saturated carbocycles. The normalized spacial score (nSPS) is 12.1. The molecule has 0 radical (unpaired) electrons. The van der Waals surface area contributed by atoms with Crippen molar-refractivity contribution in [1.82, 2.24) is 24.6 Å². The molecule has 0 fully saturated rings. The third-order valence-electron chi connectivity index (χ3n) is 5.48. The zero-order valence-corrected chi connectivity index (χ0v) is 21.9. The highest BCUT2D eigenvalue weighted by Gasteiger charge is 2.24. The SMILES string of the molecule is CC(=O)OC[C@H](C(=O)Nc1ccc(-n2nc(C)c3ncnc(N=CN(C)C)c32)c(F)c1)c1cccc(Cl)c1. The number of carbonyl (C=O) groups is 2. The fourth-order valence-corrected chi connectivity index (χ4v) is 3.95. The molecule has 2 aromatic carbocycles. The summed E-state index contributed by atoms with van der Waals surface area (Å²) in [7, 11) is 3.64. The number of fused-ring (bicyclic) bond motifs is 1. The first kappa shape index (κ1) is 26.7. The van der Waals surface area contributed by atoms with Crippen LogP contribution in [0.15, 0.2) is 53.8 Å². The maximum atomic E-state index is 15.4. The van der Waals surface area contributed by atoms with Crippen LogP contribution in [-0.2, 0) is 14.3 Å². The van der Waals surface area contributed by atoms with E-state index in [-0.39, 0.29) is 18.0 Å². The second-order valence-corrected chi connectivity index (χ2v) is 9.10. The topological polar surface area (TPSA) is 115 Å². The third kappa shape index (κ3) is 5.94. The fourth-order valence-electron chi connectivity index (χ4n) is 3.75. The van der Waals surface area contributed by atoms with Crippen LogP contribution in [-0.4, -0.2) is 63.6 Å². The van der Waals surface area contributed by atoms with Gasteiger partial charge in [-0.05, 0) is 42.8 Å². The summed E-state index contributed by atoms with van der Waals surface area (Å²) >= 11 is 6.09. The Morgan fingerprint density at radius 1 is 1.24 bits per heavy atom. The predicted octanol–water partition coefficient (Wildman–Crippen LogP) is 4.42. The number of halogens is 2. The summed E-state index contributed by atoms with van der Waals surface area (Å²) in [4.78, 5) is 39.1. The van der Waals surface area contributed by atoms with Crippen molar-refractivity contribution in [3.05, 3.63) is 70.9 Å². The first-order chi connectivity index (χ1) is 18.1. The zero-order chi connectivity index (χ0) is 27.4. The first-order valence-corrected chi connectivity index (χ1v) is 11.9. The van der Waals surface area contributed by atoms with Crippen LogP contribution in [0.3, 0.4) is 0 Å². The number of aliphatic imine (C=N–C) groups is 1. The molecule has 0 unspecified atom stereocenters. The smallest absolute Gasteiger partial charge is 0.302 e. The van der Waals surface area contributed by atoms with Crippen LogP contribution in [0.1, 0.15) is 24.1 Å². The zero-order valence-electron chi connectivity index (χ0n) is 21.1. The van der Waals surface area contributed by atoms with Gasteiger partial charge in [0.15, 0.2) is 11.6 Å². The van der Waals surface area contributed by atoms with Crippen molar-refractivity contribution in [2.45, 2.75) is 19.8 Å². The minimum atomic E-state index is -0.854. The lowest BCUT2D eigenvalue weighted by molar-refractivity contribution is -0.142. The molecule has 1 N–H and O–H groups in total. The van der Waals surface area contributed by atoms with Crippen LogP contribution in [0.25, 0.3) is 16.7 Å². The molecule has 0 bridgehead atoms. The fraction of sp³-hybridized carbons (Fsp3) is 0.231. The highest BCUT2D eigenvalue weighted by Crippen LogP contribution is 2.29. The van der Waals surface area contributed by atoms with Gasteiger partial charge in [0.05, 0.1) is 18.0 Å². The van der Waals surface area contributed by atoms with Gasteiger partial charge in [-0.15, -0.1) is 0 Å². The Labute approximate surface area is 223 Å². The number of benzene rings is 2. The summed E-state index contributed by atoms with van der Waals surface area (Å²) in [5.74, 6) is -2.18. The molecule has 0 aliphatic carbocycles. The van der Waals surface area contributed by atoms with Crippen molar-refractivity contribution in [2.75, 3.05) is 26.0 Å². The molecule has 1 atom stereocenters. The van der Waals surface area contributed by atoms with Gasteiger partial charge in [-0.3, -0.25) is 9.59 Å². The number of carbonyl (C=O) groups excluding carboxylic acids is 2. The summed E-state index contributed by atoms with van der Waals surface area (Å²) in [5.41, 5.74) is 2.46. The molecule has 0 spiro atoms. The summed E-state index contributed by atoms with van der Waals surface area (Å²) in [5, 5.41) is 7.58. The van der Waals surface area contributed by atoms with Gasteiger partial charge in [0, 0.05) is 31.7 Å². The van der Waals surface area contributed by atoms with E-state index in [0.717, 1.165) is 0 Å². The number of hydrogen-bond donors (Lipinski definition) is 1. The van der Waals surface area contributed by atoms with E-state index < -0.39 is 23.6 Å². The number of rotatable bonds is 8. The Morgan fingerprint density at radius 2 is 2.03 bits per heavy atom. The highest BCUT2D eigenvalue weighted by molar-refractivity contribution is 6.30. The van der Waals surface area contributed by atoms with E-state index in [9.17, 15) is 9.59 Å². The van der Waals surface area contributed by atoms with Gasteiger partial charge >= 0.3 is 5.97 Å². The second-order valence-electron chi connectivity index (χ2n) is 8.67. The molecular formula is C26H25ClFN7O3. The van der Waals surface area contributed by atoms with Crippen LogP contribution >= 0.6 is 11.6 Å². The number of amides is 1. The van der Waals surface area contributed by atoms with Crippen molar-refractivity contribution in [3.8, 4) is 5.69 Å². The van der Waals surface area contributed by atoms with Gasteiger partial charge in [0.2, 0.25) is 5.91 Å². The number of aryl methyl sites for hydroxylation is 1. The third-order valence-corrected chi connectivity index (χ3v) is 5.72. The summed E-state index contributed by atoms with van der Waals surface area (Å²) in [6, 6.07) is 10.9. The number of anilines is 1. The van der Waals surface area contributed by atoms with Gasteiger partial charge in [0.1, 0.15) is 29.7 Å². The number of esters is 1. The van der Waals surface area contributed by atoms with E-state index >= 15 is 4.39 Å². The molecule has 4 rings (SSSR count). The van der Waals surface area contributed by atoms with Crippen molar-refractivity contribution >= 4 is 52.4 Å². The van der Waals surface area contributed by atoms with Crippen molar-refractivity contribution in [3.63, 3.8) is 0 Å². The minimum absolute atomic E-state index is 0.128. The summed E-state index contributed by atoms with van der Waals surface area (Å²) in [6.07, 6.45) is 2.96. The Hall–Kier alpha value is -4.38. The Morgan fingerprint density at radius 3 is 2.71 bits per heavy atom. The average Bonchev–Trinajstić information content (AvgIpc) is 3.19. The van der Waals surface area contributed by atoms with E-state index in [0.29, 0.717) is 33.1 Å². The largest absolute Gasteiger partial charge is 0.465 e. The van der Waals surface area contributed by atoms with Crippen molar-refractivity contribution in [1.29, 1.82) is 0 Å². The number of aromatic nitrogens is 4. The van der Waals surface area contributed by atoms with E-state index in [4.69, 9.17) is 16.3 Å². The van der Waals surface area contributed by atoms with E-state index in [1.165, 1.54) is 30.1 Å². The molecule has 4 aromatic rings. The lowest BCUT2D eigenvalue weighted by atomic mass is 9.99.